The summed E-state index contributed by atoms with van der Waals surface area (Å²) in [5, 5.41) is 71.3. The van der Waals surface area contributed by atoms with Crippen molar-refractivity contribution in [2.45, 2.75) is 36.3 Å². The molecule has 0 aliphatic rings. The molecule has 0 heterocycles. The van der Waals surface area contributed by atoms with Crippen LogP contribution in [-0.2, 0) is 60.7 Å². The number of anilines is 1. The first-order valence-electron chi connectivity index (χ1n) is 21.6. The summed E-state index contributed by atoms with van der Waals surface area (Å²) in [5.41, 5.74) is -1.13. The number of nitrogens with zero attached hydrogens (tertiary/aromatic N) is 8. The zero-order valence-corrected chi connectivity index (χ0v) is 45.0. The number of phenols is 3. The number of benzene rings is 8. The number of hydrogen-bond donors (Lipinski definition) is 11. The molecular formula is C44H31N9O23S6. The van der Waals surface area contributed by atoms with Gasteiger partial charge in [0.05, 0.1) is 32.9 Å². The molecule has 0 aromatic heterocycles. The molecule has 0 bridgehead atoms. The van der Waals surface area contributed by atoms with E-state index in [1.54, 1.807) is 0 Å². The van der Waals surface area contributed by atoms with E-state index >= 15 is 0 Å². The van der Waals surface area contributed by atoms with Gasteiger partial charge in [0.25, 0.3) is 60.7 Å². The van der Waals surface area contributed by atoms with Gasteiger partial charge in [-0.3, -0.25) is 27.3 Å². The number of nitrogens with two attached hydrogens (primary N) is 1. The lowest BCUT2D eigenvalue weighted by Crippen LogP contribution is -2.03. The lowest BCUT2D eigenvalue weighted by atomic mass is 10.0. The number of aromatic carboxylic acids is 1. The Balaban J connectivity index is 1.24. The SMILES string of the molecule is Cc1ccc(N=Nc2c(S(=O)(=O)O)cc3ccc(N=Nc4c(S(=O)(=O)O)cc5cc(S(=O)(=O)O)c(N=Nc6ccc7cc(S(=O)(=O)O)c(N=Nc8cc(S(=O)(=O)O)ccc8C(=O)O)c(O)c7c6)c(N)c5c4O)cc3c2O)c(S(=O)(=O)O)c1. The van der Waals surface area contributed by atoms with Gasteiger partial charge in [-0.25, -0.2) is 4.79 Å². The fourth-order valence-corrected chi connectivity index (χ4v) is 11.6. The zero-order chi connectivity index (χ0) is 60.6. The molecule has 0 amide bonds. The number of aromatic hydroxyl groups is 3. The van der Waals surface area contributed by atoms with Crippen molar-refractivity contribution in [1.29, 1.82) is 0 Å². The molecule has 0 aliphatic heterocycles. The number of carboxylic acids is 1. The first-order valence-corrected chi connectivity index (χ1v) is 30.2. The molecular weight excluding hydrogens is 1210 g/mol. The highest BCUT2D eigenvalue weighted by atomic mass is 32.2. The molecule has 0 saturated heterocycles. The molecule has 12 N–H and O–H groups in total. The number of azo groups is 4. The second-order valence-electron chi connectivity index (χ2n) is 16.9. The largest absolute Gasteiger partial charge is 0.505 e. The summed E-state index contributed by atoms with van der Waals surface area (Å²) in [5.74, 6) is -5.12. The van der Waals surface area contributed by atoms with Crippen LogP contribution >= 0.6 is 0 Å². The number of aryl methyl sites for hydroxylation is 1. The molecule has 0 spiro atoms. The van der Waals surface area contributed by atoms with E-state index < -0.39 is 169 Å². The van der Waals surface area contributed by atoms with Crippen LogP contribution in [0.2, 0.25) is 0 Å². The van der Waals surface area contributed by atoms with Gasteiger partial charge in [0, 0.05) is 10.8 Å². The Hall–Kier alpha value is -8.93. The highest BCUT2D eigenvalue weighted by molar-refractivity contribution is 7.87. The number of carboxylic acid groups (broad SMARTS) is 1. The van der Waals surface area contributed by atoms with Crippen LogP contribution in [-0.4, -0.2) is 104 Å². The summed E-state index contributed by atoms with van der Waals surface area (Å²) in [6.45, 7) is 1.47. The van der Waals surface area contributed by atoms with Gasteiger partial charge in [-0.1, -0.05) is 18.2 Å². The Kier molecular flexibility index (Phi) is 15.1. The summed E-state index contributed by atoms with van der Waals surface area (Å²) in [6, 6.07) is 14.2. The molecule has 32 nitrogen and oxygen atoms in total. The smallest absolute Gasteiger partial charge is 0.337 e. The van der Waals surface area contributed by atoms with Crippen molar-refractivity contribution < 1.29 is 103 Å². The van der Waals surface area contributed by atoms with Crippen LogP contribution in [0.4, 0.5) is 51.2 Å². The van der Waals surface area contributed by atoms with Crippen molar-refractivity contribution in [3.8, 4) is 17.2 Å². The third-order valence-electron chi connectivity index (χ3n) is 11.4. The number of hydrogen-bond acceptors (Lipinski definition) is 25. The minimum Gasteiger partial charge on any atom is -0.505 e. The average Bonchev–Trinajstić information content (AvgIpc) is 3.06. The van der Waals surface area contributed by atoms with E-state index in [1.807, 2.05) is 0 Å². The third kappa shape index (κ3) is 11.9. The predicted octanol–water partition coefficient (Wildman–Crippen LogP) is 8.99. The quantitative estimate of drug-likeness (QED) is 0.0259. The molecule has 8 aromatic rings. The van der Waals surface area contributed by atoms with E-state index in [-0.39, 0.29) is 32.9 Å². The summed E-state index contributed by atoms with van der Waals surface area (Å²) in [7, 11) is -31.4. The lowest BCUT2D eigenvalue weighted by molar-refractivity contribution is 0.0697. The maximum atomic E-state index is 12.8. The van der Waals surface area contributed by atoms with Crippen molar-refractivity contribution in [2.75, 3.05) is 5.73 Å². The van der Waals surface area contributed by atoms with Crippen molar-refractivity contribution in [1.82, 2.24) is 0 Å². The molecule has 0 unspecified atom stereocenters. The molecule has 0 radical (unpaired) electrons. The number of rotatable bonds is 15. The van der Waals surface area contributed by atoms with Crippen LogP contribution in [0.25, 0.3) is 32.3 Å². The fraction of sp³-hybridized carbons (Fsp3) is 0.0227. The average molecular weight is 1250 g/mol. The molecule has 8 rings (SSSR count). The van der Waals surface area contributed by atoms with Gasteiger partial charge in [-0.05, 0) is 108 Å². The van der Waals surface area contributed by atoms with E-state index in [9.17, 15) is 103 Å². The number of carbonyl (C=O) groups is 1. The second-order valence-corrected chi connectivity index (χ2v) is 25.2. The number of nitrogen functional groups attached to an aromatic ring is 1. The molecule has 0 saturated carbocycles. The normalized spacial score (nSPS) is 13.3. The predicted molar refractivity (Wildman–Crippen MR) is 281 cm³/mol. The Morgan fingerprint density at radius 1 is 0.402 bits per heavy atom. The van der Waals surface area contributed by atoms with E-state index in [0.29, 0.717) is 35.9 Å². The standard InChI is InChI=1S/C44H31N9O23S6/c1-18-2-9-28(30(10-18)78(62,63)64)48-52-38-32(80(68,69)70)11-20-4-6-23(16-27(20)41(38)54)47-51-40-34(82(74,75)76)14-21-13-31(79(65,66)67)37(36(45)35(21)43(40)56)50-46-22-5-3-19-12-33(81(71,72)73)39(42(55)26(19)15-22)53-49-29-17-24(77(59,60)61)7-8-25(29)44(57)58/h2-17,54-56H,45H2,1H3,(H,57,58)(H,59,60,61)(H,62,63,64)(H,65,66,67)(H,68,69,70)(H,71,72,73)(H,74,75,76). The second kappa shape index (κ2) is 20.9. The fourth-order valence-electron chi connectivity index (χ4n) is 7.74. The van der Waals surface area contributed by atoms with Crippen molar-refractivity contribution in [3.63, 3.8) is 0 Å². The van der Waals surface area contributed by atoms with E-state index in [1.165, 1.54) is 13.0 Å². The first kappa shape index (κ1) is 59.2. The van der Waals surface area contributed by atoms with Crippen LogP contribution in [0.15, 0.2) is 167 Å². The maximum Gasteiger partial charge on any atom is 0.337 e. The third-order valence-corrected chi connectivity index (χ3v) is 16.6. The number of fused-ring (bicyclic) bond motifs is 3. The van der Waals surface area contributed by atoms with Gasteiger partial charge in [0.15, 0.2) is 17.2 Å². The molecule has 0 atom stereocenters. The Labute approximate surface area is 459 Å². The first-order chi connectivity index (χ1) is 37.8. The van der Waals surface area contributed by atoms with Gasteiger partial charge in [0.2, 0.25) is 0 Å². The Bertz CT molecular complexity index is 5020. The van der Waals surface area contributed by atoms with Crippen LogP contribution in [0.3, 0.4) is 0 Å². The van der Waals surface area contributed by atoms with Crippen molar-refractivity contribution in [3.05, 3.63) is 108 Å². The van der Waals surface area contributed by atoms with E-state index in [4.69, 9.17) is 5.73 Å². The summed E-state index contributed by atoms with van der Waals surface area (Å²) in [4.78, 5) is 5.58. The minimum absolute atomic E-state index is 0.145. The van der Waals surface area contributed by atoms with E-state index in [0.717, 1.165) is 60.7 Å². The Morgan fingerprint density at radius 2 is 0.805 bits per heavy atom. The highest BCUT2D eigenvalue weighted by Crippen LogP contribution is 2.50. The zero-order valence-electron chi connectivity index (χ0n) is 40.1. The van der Waals surface area contributed by atoms with Crippen LogP contribution < -0.4 is 5.73 Å². The monoisotopic (exact) mass is 1240 g/mol. The van der Waals surface area contributed by atoms with Crippen LogP contribution in [0, 0.1) is 6.92 Å². The van der Waals surface area contributed by atoms with Gasteiger partial charge in [-0.15, -0.1) is 30.7 Å². The van der Waals surface area contributed by atoms with Crippen LogP contribution in [0.1, 0.15) is 15.9 Å². The topological polar surface area (TPSA) is 549 Å². The molecule has 0 aliphatic carbocycles. The molecule has 0 fully saturated rings. The summed E-state index contributed by atoms with van der Waals surface area (Å²) >= 11 is 0. The van der Waals surface area contributed by atoms with Gasteiger partial charge < -0.3 is 26.2 Å². The Morgan fingerprint density at radius 3 is 1.24 bits per heavy atom. The minimum atomic E-state index is -5.49. The summed E-state index contributed by atoms with van der Waals surface area (Å²) < 4.78 is 209. The van der Waals surface area contributed by atoms with E-state index in [2.05, 4.69) is 40.9 Å². The van der Waals surface area contributed by atoms with Crippen LogP contribution in [0.5, 0.6) is 17.2 Å². The van der Waals surface area contributed by atoms with Crippen molar-refractivity contribution in [2.24, 2.45) is 40.9 Å². The van der Waals surface area contributed by atoms with Crippen molar-refractivity contribution >= 4 is 150 Å². The van der Waals surface area contributed by atoms with Gasteiger partial charge in [0.1, 0.15) is 58.6 Å². The molecule has 82 heavy (non-hydrogen) atoms. The summed E-state index contributed by atoms with van der Waals surface area (Å²) in [6.07, 6.45) is 0. The molecule has 8 aromatic carbocycles. The number of phenolic OH excluding ortho intramolecular Hbond substituents is 3. The maximum absolute atomic E-state index is 12.8. The van der Waals surface area contributed by atoms with Gasteiger partial charge in [-0.2, -0.15) is 60.7 Å². The highest BCUT2D eigenvalue weighted by Gasteiger charge is 2.30. The molecule has 426 valence electrons. The van der Waals surface area contributed by atoms with Gasteiger partial charge >= 0.3 is 5.97 Å². The lowest BCUT2D eigenvalue weighted by Gasteiger charge is -2.14. The molecule has 38 heteroatoms.